The summed E-state index contributed by atoms with van der Waals surface area (Å²) in [6, 6.07) is 10.6. The topological polar surface area (TPSA) is 38.9 Å². The van der Waals surface area contributed by atoms with Gasteiger partial charge in [-0.05, 0) is 42.9 Å². The van der Waals surface area contributed by atoms with Gasteiger partial charge < -0.3 is 5.73 Å². The molecule has 2 atom stereocenters. The molecule has 0 radical (unpaired) electrons. The van der Waals surface area contributed by atoms with Crippen LogP contribution < -0.4 is 5.73 Å². The van der Waals surface area contributed by atoms with Gasteiger partial charge in [0.2, 0.25) is 0 Å². The van der Waals surface area contributed by atoms with Gasteiger partial charge in [-0.2, -0.15) is 0 Å². The Hall–Kier alpha value is -1.41. The van der Waals surface area contributed by atoms with E-state index in [4.69, 9.17) is 5.73 Å². The standard InChI is InChI=1S/C18H24N2/c1-2-14-6-4-11-18(19,12-10-14)16-8-3-9-17-15(16)7-5-13-20-17/h3,5,7-9,13-14H,2,4,6,10-12,19H2,1H3. The minimum absolute atomic E-state index is 0.174. The van der Waals surface area contributed by atoms with Gasteiger partial charge in [-0.1, -0.05) is 44.4 Å². The molecule has 0 spiro atoms. The van der Waals surface area contributed by atoms with E-state index in [1.165, 1.54) is 36.6 Å². The molecule has 1 aliphatic rings. The van der Waals surface area contributed by atoms with E-state index in [2.05, 4.69) is 36.2 Å². The highest BCUT2D eigenvalue weighted by Gasteiger charge is 2.31. The van der Waals surface area contributed by atoms with Gasteiger partial charge in [-0.25, -0.2) is 0 Å². The van der Waals surface area contributed by atoms with Crippen molar-refractivity contribution in [2.75, 3.05) is 0 Å². The lowest BCUT2D eigenvalue weighted by molar-refractivity contribution is 0.374. The summed E-state index contributed by atoms with van der Waals surface area (Å²) in [6.07, 6.45) is 9.16. The van der Waals surface area contributed by atoms with Crippen LogP contribution in [0.1, 0.15) is 51.0 Å². The number of nitrogens with two attached hydrogens (primary N) is 1. The molecule has 0 bridgehead atoms. The molecule has 1 fully saturated rings. The Morgan fingerprint density at radius 2 is 2.10 bits per heavy atom. The number of fused-ring (bicyclic) bond motifs is 1. The van der Waals surface area contributed by atoms with E-state index in [0.717, 1.165) is 24.3 Å². The van der Waals surface area contributed by atoms with Gasteiger partial charge in [0.25, 0.3) is 0 Å². The SMILES string of the molecule is CCC1CCCC(N)(c2cccc3ncccc23)CC1. The van der Waals surface area contributed by atoms with Crippen molar-refractivity contribution in [3.63, 3.8) is 0 Å². The quantitative estimate of drug-likeness (QED) is 0.821. The Bertz CT molecular complexity index is 587. The summed E-state index contributed by atoms with van der Waals surface area (Å²) < 4.78 is 0. The number of pyridine rings is 1. The third-order valence-corrected chi connectivity index (χ3v) is 4.99. The molecule has 0 amide bonds. The van der Waals surface area contributed by atoms with Crippen molar-refractivity contribution in [2.45, 2.75) is 51.0 Å². The Kier molecular flexibility index (Phi) is 3.75. The van der Waals surface area contributed by atoms with Gasteiger partial charge in [-0.15, -0.1) is 0 Å². The maximum atomic E-state index is 6.84. The van der Waals surface area contributed by atoms with Gasteiger partial charge in [0.05, 0.1) is 5.52 Å². The summed E-state index contributed by atoms with van der Waals surface area (Å²) >= 11 is 0. The summed E-state index contributed by atoms with van der Waals surface area (Å²) in [4.78, 5) is 4.47. The highest BCUT2D eigenvalue weighted by molar-refractivity contribution is 5.83. The summed E-state index contributed by atoms with van der Waals surface area (Å²) in [7, 11) is 0. The zero-order chi connectivity index (χ0) is 14.0. The smallest absolute Gasteiger partial charge is 0.0705 e. The predicted molar refractivity (Wildman–Crippen MR) is 84.5 cm³/mol. The summed E-state index contributed by atoms with van der Waals surface area (Å²) in [6.45, 7) is 2.30. The number of aromatic nitrogens is 1. The van der Waals surface area contributed by atoms with E-state index in [1.807, 2.05) is 12.3 Å². The first kappa shape index (κ1) is 13.6. The molecular weight excluding hydrogens is 244 g/mol. The van der Waals surface area contributed by atoms with Crippen molar-refractivity contribution in [2.24, 2.45) is 11.7 Å². The molecule has 1 aromatic carbocycles. The van der Waals surface area contributed by atoms with Crippen molar-refractivity contribution in [1.82, 2.24) is 4.98 Å². The Morgan fingerprint density at radius 3 is 2.95 bits per heavy atom. The molecule has 2 nitrogen and oxygen atoms in total. The molecule has 106 valence electrons. The lowest BCUT2D eigenvalue weighted by atomic mass is 9.81. The number of rotatable bonds is 2. The van der Waals surface area contributed by atoms with E-state index >= 15 is 0 Å². The molecule has 3 rings (SSSR count). The normalized spacial score (nSPS) is 27.4. The molecule has 1 aromatic heterocycles. The second-order valence-electron chi connectivity index (χ2n) is 6.24. The molecule has 1 aliphatic carbocycles. The molecule has 20 heavy (non-hydrogen) atoms. The van der Waals surface area contributed by atoms with E-state index < -0.39 is 0 Å². The minimum Gasteiger partial charge on any atom is -0.321 e. The van der Waals surface area contributed by atoms with Crippen molar-refractivity contribution >= 4 is 10.9 Å². The third-order valence-electron chi connectivity index (χ3n) is 4.99. The maximum Gasteiger partial charge on any atom is 0.0705 e. The lowest BCUT2D eigenvalue weighted by Crippen LogP contribution is -2.36. The maximum absolute atomic E-state index is 6.84. The van der Waals surface area contributed by atoms with Crippen molar-refractivity contribution in [3.8, 4) is 0 Å². The Labute approximate surface area is 121 Å². The molecule has 2 N–H and O–H groups in total. The van der Waals surface area contributed by atoms with Gasteiger partial charge in [0.15, 0.2) is 0 Å². The molecule has 2 unspecified atom stereocenters. The van der Waals surface area contributed by atoms with Crippen LogP contribution in [0.25, 0.3) is 10.9 Å². The second kappa shape index (κ2) is 5.53. The molecular formula is C18H24N2. The fourth-order valence-corrected chi connectivity index (χ4v) is 3.65. The van der Waals surface area contributed by atoms with Crippen LogP contribution in [0, 0.1) is 5.92 Å². The number of hydrogen-bond donors (Lipinski definition) is 1. The van der Waals surface area contributed by atoms with Crippen molar-refractivity contribution in [1.29, 1.82) is 0 Å². The average Bonchev–Trinajstić information content (AvgIpc) is 2.69. The largest absolute Gasteiger partial charge is 0.321 e. The Morgan fingerprint density at radius 1 is 1.20 bits per heavy atom. The van der Waals surface area contributed by atoms with Crippen LogP contribution in [0.5, 0.6) is 0 Å². The summed E-state index contributed by atoms with van der Waals surface area (Å²) in [5.41, 5.74) is 9.01. The molecule has 0 aliphatic heterocycles. The number of hydrogen-bond acceptors (Lipinski definition) is 2. The van der Waals surface area contributed by atoms with Crippen molar-refractivity contribution in [3.05, 3.63) is 42.1 Å². The molecule has 2 heteroatoms. The lowest BCUT2D eigenvalue weighted by Gasteiger charge is -2.30. The second-order valence-corrected chi connectivity index (χ2v) is 6.24. The molecule has 2 aromatic rings. The highest BCUT2D eigenvalue weighted by Crippen LogP contribution is 2.39. The fraction of sp³-hybridized carbons (Fsp3) is 0.500. The van der Waals surface area contributed by atoms with Gasteiger partial charge in [0.1, 0.15) is 0 Å². The first-order valence-electron chi connectivity index (χ1n) is 7.86. The highest BCUT2D eigenvalue weighted by atomic mass is 14.8. The van der Waals surface area contributed by atoms with E-state index in [-0.39, 0.29) is 5.54 Å². The van der Waals surface area contributed by atoms with Crippen molar-refractivity contribution < 1.29 is 0 Å². The minimum atomic E-state index is -0.174. The number of benzene rings is 1. The van der Waals surface area contributed by atoms with Crippen LogP contribution in [0.2, 0.25) is 0 Å². The van der Waals surface area contributed by atoms with Crippen LogP contribution >= 0.6 is 0 Å². The van der Waals surface area contributed by atoms with Crippen LogP contribution in [0.3, 0.4) is 0 Å². The predicted octanol–water partition coefficient (Wildman–Crippen LogP) is 4.38. The first-order valence-corrected chi connectivity index (χ1v) is 7.86. The van der Waals surface area contributed by atoms with E-state index in [9.17, 15) is 0 Å². The molecule has 1 heterocycles. The van der Waals surface area contributed by atoms with Gasteiger partial charge >= 0.3 is 0 Å². The monoisotopic (exact) mass is 268 g/mol. The van der Waals surface area contributed by atoms with E-state index in [0.29, 0.717) is 0 Å². The van der Waals surface area contributed by atoms with Crippen LogP contribution in [0.15, 0.2) is 36.5 Å². The van der Waals surface area contributed by atoms with Gasteiger partial charge in [0, 0.05) is 17.1 Å². The first-order chi connectivity index (χ1) is 9.73. The van der Waals surface area contributed by atoms with Crippen LogP contribution in [0.4, 0.5) is 0 Å². The number of nitrogens with zero attached hydrogens (tertiary/aromatic N) is 1. The van der Waals surface area contributed by atoms with E-state index in [1.54, 1.807) is 0 Å². The fourth-order valence-electron chi connectivity index (χ4n) is 3.65. The Balaban J connectivity index is 2.01. The molecule has 0 saturated heterocycles. The molecule has 1 saturated carbocycles. The van der Waals surface area contributed by atoms with Gasteiger partial charge in [-0.3, -0.25) is 4.98 Å². The average molecular weight is 268 g/mol. The van der Waals surface area contributed by atoms with Crippen LogP contribution in [-0.4, -0.2) is 4.98 Å². The zero-order valence-corrected chi connectivity index (χ0v) is 12.3. The summed E-state index contributed by atoms with van der Waals surface area (Å²) in [5.74, 6) is 0.855. The van der Waals surface area contributed by atoms with Crippen LogP contribution in [-0.2, 0) is 5.54 Å². The third kappa shape index (κ3) is 2.45. The summed E-state index contributed by atoms with van der Waals surface area (Å²) in [5, 5.41) is 1.23. The zero-order valence-electron chi connectivity index (χ0n) is 12.3.